The number of carboxylic acids is 1. The van der Waals surface area contributed by atoms with Gasteiger partial charge in [-0.15, -0.1) is 0 Å². The van der Waals surface area contributed by atoms with Crippen LogP contribution in [0.2, 0.25) is 5.02 Å². The van der Waals surface area contributed by atoms with Gasteiger partial charge in [0.15, 0.2) is 0 Å². The summed E-state index contributed by atoms with van der Waals surface area (Å²) >= 11 is 5.84. The van der Waals surface area contributed by atoms with Crippen LogP contribution in [0.15, 0.2) is 54.6 Å². The molecule has 2 unspecified atom stereocenters. The fraction of sp³-hybridized carbons (Fsp3) is 0.261. The fourth-order valence-electron chi connectivity index (χ4n) is 4.55. The summed E-state index contributed by atoms with van der Waals surface area (Å²) in [6, 6.07) is 13.9. The van der Waals surface area contributed by atoms with Gasteiger partial charge in [-0.25, -0.2) is 9.18 Å². The first-order valence-electron chi connectivity index (χ1n) is 9.57. The van der Waals surface area contributed by atoms with Gasteiger partial charge in [-0.1, -0.05) is 48.0 Å². The monoisotopic (exact) mass is 451 g/mol. The van der Waals surface area contributed by atoms with Crippen molar-refractivity contribution in [1.82, 2.24) is 4.57 Å². The lowest BCUT2D eigenvalue weighted by molar-refractivity contribution is -0.145. The lowest BCUT2D eigenvalue weighted by Gasteiger charge is -2.26. The number of hydrogen-bond donors (Lipinski definition) is 1. The van der Waals surface area contributed by atoms with Crippen molar-refractivity contribution in [3.63, 3.8) is 0 Å². The van der Waals surface area contributed by atoms with E-state index in [2.05, 4.69) is 0 Å². The number of hydrogen-bond acceptors (Lipinski definition) is 1. The Balaban J connectivity index is 1.95. The molecule has 4 rings (SSSR count). The minimum atomic E-state index is -4.77. The van der Waals surface area contributed by atoms with Gasteiger partial charge in [-0.3, -0.25) is 0 Å². The van der Waals surface area contributed by atoms with Crippen LogP contribution in [0.25, 0.3) is 0 Å². The quantitative estimate of drug-likeness (QED) is 0.454. The molecule has 0 spiro atoms. The third kappa shape index (κ3) is 3.71. The summed E-state index contributed by atoms with van der Waals surface area (Å²) in [5.41, 5.74) is -1.98. The van der Waals surface area contributed by atoms with Gasteiger partial charge in [-0.2, -0.15) is 13.2 Å². The first-order valence-corrected chi connectivity index (χ1v) is 9.94. The molecule has 8 heteroatoms. The van der Waals surface area contributed by atoms with Gasteiger partial charge in [0, 0.05) is 10.9 Å². The van der Waals surface area contributed by atoms with Gasteiger partial charge in [0.05, 0.1) is 5.54 Å². The van der Waals surface area contributed by atoms with Crippen LogP contribution in [-0.4, -0.2) is 15.6 Å². The third-order valence-electron chi connectivity index (χ3n) is 5.86. The molecule has 1 N–H and O–H groups in total. The van der Waals surface area contributed by atoms with Crippen molar-refractivity contribution in [2.75, 3.05) is 0 Å². The molecule has 0 radical (unpaired) electrons. The predicted molar refractivity (Wildman–Crippen MR) is 108 cm³/mol. The molecule has 2 atom stereocenters. The minimum Gasteiger partial charge on any atom is -0.477 e. The first-order chi connectivity index (χ1) is 14.5. The molecular weight excluding hydrogens is 434 g/mol. The highest BCUT2D eigenvalue weighted by molar-refractivity contribution is 6.30. The Bertz CT molecular complexity index is 1160. The number of carboxylic acid groups (broad SMARTS) is 1. The molecule has 1 fully saturated rings. The van der Waals surface area contributed by atoms with Crippen molar-refractivity contribution in [1.29, 1.82) is 0 Å². The number of nitrogens with zero attached hydrogens (tertiary/aromatic N) is 1. The standard InChI is InChI=1S/C23H18ClF4NO2/c1-13-9-19(21(30)31)29(20(13)23(26,27)28)22(11-14-5-3-2-4-6-14)12-17(22)16-8-7-15(24)10-18(16)25/h2-10,17H,11-12H2,1H3,(H,30,31). The average Bonchev–Trinajstić information content (AvgIpc) is 3.24. The van der Waals surface area contributed by atoms with Crippen LogP contribution < -0.4 is 0 Å². The molecule has 0 aliphatic heterocycles. The highest BCUT2D eigenvalue weighted by Crippen LogP contribution is 2.61. The summed E-state index contributed by atoms with van der Waals surface area (Å²) in [4.78, 5) is 11.9. The third-order valence-corrected chi connectivity index (χ3v) is 6.10. The Morgan fingerprint density at radius 2 is 1.87 bits per heavy atom. The normalized spacial score (nSPS) is 20.6. The molecule has 1 heterocycles. The molecule has 162 valence electrons. The van der Waals surface area contributed by atoms with Gasteiger partial charge in [-0.05, 0) is 54.7 Å². The number of carbonyl (C=O) groups is 1. The van der Waals surface area contributed by atoms with Gasteiger partial charge in [0.2, 0.25) is 0 Å². The lowest BCUT2D eigenvalue weighted by Crippen LogP contribution is -2.31. The number of alkyl halides is 3. The van der Waals surface area contributed by atoms with Crippen molar-refractivity contribution >= 4 is 17.6 Å². The molecule has 31 heavy (non-hydrogen) atoms. The van der Waals surface area contributed by atoms with Crippen molar-refractivity contribution in [3.05, 3.63) is 93.5 Å². The van der Waals surface area contributed by atoms with E-state index in [1.807, 2.05) is 0 Å². The maximum atomic E-state index is 14.7. The van der Waals surface area contributed by atoms with Crippen LogP contribution in [-0.2, 0) is 18.1 Å². The number of aromatic carboxylic acids is 1. The topological polar surface area (TPSA) is 42.2 Å². The van der Waals surface area contributed by atoms with Crippen molar-refractivity contribution < 1.29 is 27.5 Å². The average molecular weight is 452 g/mol. The minimum absolute atomic E-state index is 0.123. The number of aryl methyl sites for hydroxylation is 1. The molecule has 1 aliphatic carbocycles. The van der Waals surface area contributed by atoms with Crippen LogP contribution >= 0.6 is 11.6 Å². The summed E-state index contributed by atoms with van der Waals surface area (Å²) in [5.74, 6) is -2.73. The molecule has 1 aromatic heterocycles. The molecule has 3 nitrogen and oxygen atoms in total. The second-order valence-corrected chi connectivity index (χ2v) is 8.32. The zero-order valence-electron chi connectivity index (χ0n) is 16.4. The van der Waals surface area contributed by atoms with E-state index in [0.29, 0.717) is 0 Å². The number of aromatic nitrogens is 1. The molecule has 0 amide bonds. The maximum absolute atomic E-state index is 14.7. The maximum Gasteiger partial charge on any atom is 0.431 e. The van der Waals surface area contributed by atoms with Gasteiger partial charge in [0.1, 0.15) is 17.2 Å². The van der Waals surface area contributed by atoms with E-state index >= 15 is 0 Å². The second-order valence-electron chi connectivity index (χ2n) is 7.89. The summed E-state index contributed by atoms with van der Waals surface area (Å²) in [6.45, 7) is 1.24. The van der Waals surface area contributed by atoms with E-state index in [4.69, 9.17) is 11.6 Å². The highest BCUT2D eigenvalue weighted by Gasteiger charge is 2.60. The fourth-order valence-corrected chi connectivity index (χ4v) is 4.71. The van der Waals surface area contributed by atoms with Crippen LogP contribution in [0.3, 0.4) is 0 Å². The van der Waals surface area contributed by atoms with E-state index in [1.54, 1.807) is 30.3 Å². The van der Waals surface area contributed by atoms with Crippen LogP contribution in [0, 0.1) is 12.7 Å². The van der Waals surface area contributed by atoms with Crippen LogP contribution in [0.4, 0.5) is 17.6 Å². The molecule has 0 saturated heterocycles. The lowest BCUT2D eigenvalue weighted by atomic mass is 9.97. The van der Waals surface area contributed by atoms with E-state index < -0.39 is 40.8 Å². The Morgan fingerprint density at radius 1 is 1.19 bits per heavy atom. The summed E-state index contributed by atoms with van der Waals surface area (Å²) in [6.07, 6.45) is -4.48. The van der Waals surface area contributed by atoms with Gasteiger partial charge >= 0.3 is 12.1 Å². The largest absolute Gasteiger partial charge is 0.477 e. The summed E-state index contributed by atoms with van der Waals surface area (Å²) < 4.78 is 57.7. The molecule has 1 aliphatic rings. The smallest absolute Gasteiger partial charge is 0.431 e. The molecule has 2 aromatic carbocycles. The molecule has 1 saturated carbocycles. The van der Waals surface area contributed by atoms with Crippen LogP contribution in [0.1, 0.15) is 45.2 Å². The first kappa shape index (κ1) is 21.4. The van der Waals surface area contributed by atoms with Gasteiger partial charge in [0.25, 0.3) is 0 Å². The predicted octanol–water partition coefficient (Wildman–Crippen LogP) is 6.43. The highest BCUT2D eigenvalue weighted by atomic mass is 35.5. The Labute approximate surface area is 180 Å². The number of halogens is 5. The van der Waals surface area contributed by atoms with Crippen LogP contribution in [0.5, 0.6) is 0 Å². The Morgan fingerprint density at radius 3 is 2.45 bits per heavy atom. The Kier molecular flexibility index (Phi) is 5.12. The van der Waals surface area contributed by atoms with Crippen molar-refractivity contribution in [2.45, 2.75) is 37.4 Å². The SMILES string of the molecule is Cc1cc(C(=O)O)n(C2(Cc3ccccc3)CC2c2ccc(Cl)cc2F)c1C(F)(F)F. The number of benzene rings is 2. The zero-order valence-corrected chi connectivity index (χ0v) is 17.1. The number of rotatable bonds is 5. The van der Waals surface area contributed by atoms with Gasteiger partial charge < -0.3 is 9.67 Å². The van der Waals surface area contributed by atoms with E-state index in [-0.39, 0.29) is 29.0 Å². The molecule has 3 aromatic rings. The Hall–Kier alpha value is -2.80. The molecule has 0 bridgehead atoms. The van der Waals surface area contributed by atoms with Crippen molar-refractivity contribution in [2.24, 2.45) is 0 Å². The van der Waals surface area contributed by atoms with Crippen molar-refractivity contribution in [3.8, 4) is 0 Å². The summed E-state index contributed by atoms with van der Waals surface area (Å²) in [5, 5.41) is 9.87. The van der Waals surface area contributed by atoms with E-state index in [1.165, 1.54) is 19.1 Å². The zero-order chi connectivity index (χ0) is 22.6. The van der Waals surface area contributed by atoms with E-state index in [9.17, 15) is 27.5 Å². The van der Waals surface area contributed by atoms with E-state index in [0.717, 1.165) is 22.3 Å². The second kappa shape index (κ2) is 7.41. The molecular formula is C23H18ClF4NO2. The summed E-state index contributed by atoms with van der Waals surface area (Å²) in [7, 11) is 0.